The maximum atomic E-state index is 10.6. The van der Waals surface area contributed by atoms with Gasteiger partial charge in [0.2, 0.25) is 0 Å². The third kappa shape index (κ3) is 4.16. The second kappa shape index (κ2) is 8.91. The number of hydrogen-bond acceptors (Lipinski definition) is 3. The molecule has 0 radical (unpaired) electrons. The molecule has 1 saturated heterocycles. The van der Waals surface area contributed by atoms with E-state index in [1.54, 1.807) is 0 Å². The number of phenols is 1. The Kier molecular flexibility index (Phi) is 8.15. The molecular formula is C17H27BrCl2N2O. The van der Waals surface area contributed by atoms with E-state index in [-0.39, 0.29) is 24.8 Å². The Morgan fingerprint density at radius 1 is 1.22 bits per heavy atom. The van der Waals surface area contributed by atoms with E-state index in [2.05, 4.69) is 33.1 Å². The second-order valence-corrected chi connectivity index (χ2v) is 7.28. The van der Waals surface area contributed by atoms with Crippen LogP contribution in [0.4, 0.5) is 0 Å². The molecule has 1 saturated carbocycles. The number of nitrogens with one attached hydrogen (secondary N) is 1. The molecule has 0 aromatic heterocycles. The van der Waals surface area contributed by atoms with Gasteiger partial charge >= 0.3 is 0 Å². The summed E-state index contributed by atoms with van der Waals surface area (Å²) < 4.78 is 1.15. The molecule has 1 aliphatic heterocycles. The summed E-state index contributed by atoms with van der Waals surface area (Å²) in [6.07, 6.45) is 3.91. The summed E-state index contributed by atoms with van der Waals surface area (Å²) in [5, 5.41) is 14.0. The Bertz CT molecular complexity index is 532. The van der Waals surface area contributed by atoms with E-state index >= 15 is 0 Å². The molecule has 2 aliphatic rings. The third-order valence-corrected chi connectivity index (χ3v) is 6.37. The van der Waals surface area contributed by atoms with E-state index in [4.69, 9.17) is 0 Å². The number of halogens is 3. The second-order valence-electron chi connectivity index (χ2n) is 6.49. The van der Waals surface area contributed by atoms with Gasteiger partial charge in [0.25, 0.3) is 0 Å². The molecule has 0 bridgehead atoms. The predicted molar refractivity (Wildman–Crippen MR) is 104 cm³/mol. The summed E-state index contributed by atoms with van der Waals surface area (Å²) in [7, 11) is 0. The van der Waals surface area contributed by atoms with Gasteiger partial charge in [0, 0.05) is 42.3 Å². The normalized spacial score (nSPS) is 20.1. The topological polar surface area (TPSA) is 35.5 Å². The summed E-state index contributed by atoms with van der Waals surface area (Å²) in [6, 6.07) is 2.29. The first-order chi connectivity index (χ1) is 10.1. The summed E-state index contributed by atoms with van der Waals surface area (Å²) in [4.78, 5) is 2.57. The largest absolute Gasteiger partial charge is 0.508 e. The monoisotopic (exact) mass is 424 g/mol. The van der Waals surface area contributed by atoms with E-state index < -0.39 is 0 Å². The van der Waals surface area contributed by atoms with Gasteiger partial charge in [0.1, 0.15) is 5.75 Å². The van der Waals surface area contributed by atoms with Crippen molar-refractivity contribution in [3.63, 3.8) is 0 Å². The van der Waals surface area contributed by atoms with E-state index in [1.807, 2.05) is 13.0 Å². The number of phenolic OH excluding ortho intramolecular Hbond substituents is 1. The van der Waals surface area contributed by atoms with Gasteiger partial charge in [-0.05, 0) is 49.8 Å². The van der Waals surface area contributed by atoms with Crippen LogP contribution >= 0.6 is 40.7 Å². The summed E-state index contributed by atoms with van der Waals surface area (Å²) in [5.74, 6) is 1.17. The van der Waals surface area contributed by atoms with Gasteiger partial charge < -0.3 is 10.4 Å². The average molecular weight is 426 g/mol. The first-order valence-electron chi connectivity index (χ1n) is 8.03. The van der Waals surface area contributed by atoms with Crippen LogP contribution in [-0.2, 0) is 0 Å². The highest BCUT2D eigenvalue weighted by molar-refractivity contribution is 9.10. The van der Waals surface area contributed by atoms with Crippen molar-refractivity contribution in [1.29, 1.82) is 0 Å². The Morgan fingerprint density at radius 2 is 1.83 bits per heavy atom. The first-order valence-corrected chi connectivity index (χ1v) is 8.82. The summed E-state index contributed by atoms with van der Waals surface area (Å²) in [5.41, 5.74) is 3.48. The van der Waals surface area contributed by atoms with E-state index in [1.165, 1.54) is 24.8 Å². The van der Waals surface area contributed by atoms with Gasteiger partial charge in [0.05, 0.1) is 0 Å². The van der Waals surface area contributed by atoms with Crippen molar-refractivity contribution in [2.45, 2.75) is 39.2 Å². The number of aryl methyl sites for hydroxylation is 1. The van der Waals surface area contributed by atoms with Gasteiger partial charge in [-0.2, -0.15) is 0 Å². The van der Waals surface area contributed by atoms with Crippen molar-refractivity contribution >= 4 is 40.7 Å². The van der Waals surface area contributed by atoms with Crippen LogP contribution in [0.3, 0.4) is 0 Å². The van der Waals surface area contributed by atoms with Crippen molar-refractivity contribution in [1.82, 2.24) is 10.2 Å². The van der Waals surface area contributed by atoms with Crippen LogP contribution in [0.2, 0.25) is 0 Å². The minimum absolute atomic E-state index is 0. The molecule has 6 heteroatoms. The fourth-order valence-electron chi connectivity index (χ4n) is 3.76. The lowest BCUT2D eigenvalue weighted by atomic mass is 9.75. The average Bonchev–Trinajstić information content (AvgIpc) is 2.43. The molecule has 1 aromatic rings. The minimum Gasteiger partial charge on any atom is -0.508 e. The molecule has 132 valence electrons. The summed E-state index contributed by atoms with van der Waals surface area (Å²) >= 11 is 3.70. The molecule has 2 N–H and O–H groups in total. The minimum atomic E-state index is 0. The van der Waals surface area contributed by atoms with Crippen molar-refractivity contribution < 1.29 is 5.11 Å². The highest BCUT2D eigenvalue weighted by Gasteiger charge is 2.36. The zero-order valence-electron chi connectivity index (χ0n) is 13.8. The molecule has 1 aromatic carbocycles. The molecule has 1 aliphatic carbocycles. The van der Waals surface area contributed by atoms with Crippen LogP contribution < -0.4 is 5.32 Å². The molecule has 3 nitrogen and oxygen atoms in total. The van der Waals surface area contributed by atoms with Gasteiger partial charge in [-0.1, -0.05) is 22.4 Å². The molecule has 3 rings (SSSR count). The Hall–Kier alpha value is -0.000000000000000111. The number of piperazine rings is 1. The van der Waals surface area contributed by atoms with Crippen LogP contribution in [0.1, 0.15) is 42.0 Å². The molecule has 23 heavy (non-hydrogen) atoms. The van der Waals surface area contributed by atoms with E-state index in [0.717, 1.165) is 41.8 Å². The van der Waals surface area contributed by atoms with Crippen LogP contribution in [-0.4, -0.2) is 36.2 Å². The number of aromatic hydroxyl groups is 1. The van der Waals surface area contributed by atoms with Crippen molar-refractivity contribution in [3.8, 4) is 5.75 Å². The van der Waals surface area contributed by atoms with Gasteiger partial charge in [-0.15, -0.1) is 24.8 Å². The molecular weight excluding hydrogens is 399 g/mol. The molecule has 1 atom stereocenters. The van der Waals surface area contributed by atoms with Crippen molar-refractivity contribution in [3.05, 3.63) is 27.2 Å². The fraction of sp³-hybridized carbons (Fsp3) is 0.647. The standard InChI is InChI=1S/C17H25BrN2O.2ClH/c1-11-10-14(21)15(12(2)16(11)18)17(13-4-3-5-13)20-8-6-19-7-9-20;;/h10,13,17,19,21H,3-9H2,1-2H3;2*1H/t17-;;/m0../s1. The fourth-order valence-corrected chi connectivity index (χ4v) is 4.09. The van der Waals surface area contributed by atoms with Gasteiger partial charge in [0.15, 0.2) is 0 Å². The number of hydrogen-bond donors (Lipinski definition) is 2. The van der Waals surface area contributed by atoms with Crippen LogP contribution in [0, 0.1) is 19.8 Å². The Morgan fingerprint density at radius 3 is 2.35 bits per heavy atom. The van der Waals surface area contributed by atoms with Gasteiger partial charge in [-0.25, -0.2) is 0 Å². The lowest BCUT2D eigenvalue weighted by Crippen LogP contribution is -2.48. The highest BCUT2D eigenvalue weighted by atomic mass is 79.9. The van der Waals surface area contributed by atoms with Crippen LogP contribution in [0.15, 0.2) is 10.5 Å². The number of benzene rings is 1. The predicted octanol–water partition coefficient (Wildman–Crippen LogP) is 4.36. The molecule has 1 heterocycles. The molecule has 2 fully saturated rings. The van der Waals surface area contributed by atoms with E-state index in [0.29, 0.717) is 17.7 Å². The highest BCUT2D eigenvalue weighted by Crippen LogP contribution is 2.47. The number of rotatable bonds is 3. The maximum Gasteiger partial charge on any atom is 0.120 e. The van der Waals surface area contributed by atoms with Crippen molar-refractivity contribution in [2.24, 2.45) is 5.92 Å². The lowest BCUT2D eigenvalue weighted by Gasteiger charge is -2.44. The first kappa shape index (κ1) is 21.0. The molecule has 0 unspecified atom stereocenters. The zero-order valence-corrected chi connectivity index (χ0v) is 17.0. The van der Waals surface area contributed by atoms with E-state index in [9.17, 15) is 5.11 Å². The maximum absolute atomic E-state index is 10.6. The zero-order chi connectivity index (χ0) is 15.0. The SMILES string of the molecule is Cc1cc(O)c([C@H](C2CCC2)N2CCNCC2)c(C)c1Br.Cl.Cl. The Labute approximate surface area is 160 Å². The van der Waals surface area contributed by atoms with Gasteiger partial charge in [-0.3, -0.25) is 4.90 Å². The van der Waals surface area contributed by atoms with Crippen LogP contribution in [0.25, 0.3) is 0 Å². The quantitative estimate of drug-likeness (QED) is 0.754. The van der Waals surface area contributed by atoms with Crippen molar-refractivity contribution in [2.75, 3.05) is 26.2 Å². The number of nitrogens with zero attached hydrogens (tertiary/aromatic N) is 1. The molecule has 0 spiro atoms. The Balaban J connectivity index is 0.00000132. The van der Waals surface area contributed by atoms with Crippen LogP contribution in [0.5, 0.6) is 5.75 Å². The lowest BCUT2D eigenvalue weighted by molar-refractivity contribution is 0.0814. The summed E-state index contributed by atoms with van der Waals surface area (Å²) in [6.45, 7) is 8.44. The smallest absolute Gasteiger partial charge is 0.120 e. The molecule has 0 amide bonds. The third-order valence-electron chi connectivity index (χ3n) is 5.15.